The Morgan fingerprint density at radius 2 is 0.660 bits per heavy atom. The molecule has 0 radical (unpaired) electrons. The fraction of sp³-hybridized carbons (Fsp3) is 0.273. The largest absolute Gasteiger partial charge is 0.466 e. The van der Waals surface area contributed by atoms with Crippen LogP contribution in [0.2, 0.25) is 0 Å². The Balaban J connectivity index is 1.60. The highest BCUT2D eigenvalue weighted by Crippen LogP contribution is 2.44. The summed E-state index contributed by atoms with van der Waals surface area (Å²) in [6, 6.07) is 28.0. The highest BCUT2D eigenvalue weighted by atomic mass is 16.5. The molecule has 9 nitrogen and oxygen atoms in total. The first-order chi connectivity index (χ1) is 25.6. The minimum atomic E-state index is -0.359. The lowest BCUT2D eigenvalue weighted by Gasteiger charge is -2.22. The molecule has 9 heteroatoms. The van der Waals surface area contributed by atoms with Crippen LogP contribution >= 0.6 is 0 Å². The van der Waals surface area contributed by atoms with Crippen molar-refractivity contribution in [3.05, 3.63) is 107 Å². The molecule has 0 bridgehead atoms. The van der Waals surface area contributed by atoms with Crippen molar-refractivity contribution in [3.8, 4) is 11.5 Å². The maximum Gasteiger partial charge on any atom is 0.302 e. The maximum atomic E-state index is 11.8. The third-order valence-corrected chi connectivity index (χ3v) is 9.31. The summed E-state index contributed by atoms with van der Waals surface area (Å²) in [4.78, 5) is 47.2. The molecule has 53 heavy (non-hydrogen) atoms. The molecule has 0 aliphatic heterocycles. The Labute approximate surface area is 307 Å². The minimum absolute atomic E-state index is 0.182. The van der Waals surface area contributed by atoms with Crippen LogP contribution in [0.25, 0.3) is 43.1 Å². The Morgan fingerprint density at radius 3 is 0.981 bits per heavy atom. The van der Waals surface area contributed by atoms with E-state index in [9.17, 15) is 19.2 Å². The van der Waals surface area contributed by atoms with Crippen molar-refractivity contribution in [3.63, 3.8) is 0 Å². The smallest absolute Gasteiger partial charge is 0.302 e. The summed E-state index contributed by atoms with van der Waals surface area (Å²) < 4.78 is 28.7. The highest BCUT2D eigenvalue weighted by Gasteiger charge is 2.22. The average molecular weight is 715 g/mol. The van der Waals surface area contributed by atoms with E-state index in [1.165, 1.54) is 27.7 Å². The van der Waals surface area contributed by atoms with Crippen LogP contribution in [-0.2, 0) is 63.8 Å². The molecule has 0 aliphatic rings. The van der Waals surface area contributed by atoms with Crippen LogP contribution in [-0.4, -0.2) is 50.3 Å². The van der Waals surface area contributed by atoms with Gasteiger partial charge in [-0.15, -0.1) is 0 Å². The van der Waals surface area contributed by atoms with E-state index in [0.717, 1.165) is 65.3 Å². The van der Waals surface area contributed by atoms with E-state index < -0.39 is 0 Å². The molecule has 0 atom stereocenters. The fourth-order valence-corrected chi connectivity index (χ4v) is 7.30. The summed E-state index contributed by atoms with van der Waals surface area (Å²) in [7, 11) is 0. The Bertz CT molecular complexity index is 2190. The zero-order valence-corrected chi connectivity index (χ0v) is 30.4. The number of ether oxygens (including phenoxy) is 5. The molecule has 0 saturated heterocycles. The number of hydrogen-bond donors (Lipinski definition) is 0. The molecular weight excluding hydrogens is 672 g/mol. The lowest BCUT2D eigenvalue weighted by molar-refractivity contribution is -0.141. The predicted octanol–water partition coefficient (Wildman–Crippen LogP) is 8.51. The number of rotatable bonds is 14. The highest BCUT2D eigenvalue weighted by molar-refractivity contribution is 6.10. The van der Waals surface area contributed by atoms with Crippen molar-refractivity contribution < 1.29 is 42.9 Å². The molecule has 0 unspecified atom stereocenters. The van der Waals surface area contributed by atoms with Gasteiger partial charge in [-0.05, 0) is 66.7 Å². The average Bonchev–Trinajstić information content (AvgIpc) is 3.12. The van der Waals surface area contributed by atoms with Crippen LogP contribution in [0.15, 0.2) is 84.9 Å². The van der Waals surface area contributed by atoms with Gasteiger partial charge < -0.3 is 23.7 Å². The van der Waals surface area contributed by atoms with Gasteiger partial charge in [-0.1, -0.05) is 72.8 Å². The van der Waals surface area contributed by atoms with Gasteiger partial charge in [0.15, 0.2) is 0 Å². The van der Waals surface area contributed by atoms with Crippen molar-refractivity contribution in [2.24, 2.45) is 0 Å². The first kappa shape index (κ1) is 36.8. The molecule has 0 aliphatic carbocycles. The van der Waals surface area contributed by atoms with E-state index in [2.05, 4.69) is 24.3 Å². The Kier molecular flexibility index (Phi) is 11.5. The van der Waals surface area contributed by atoms with Gasteiger partial charge in [-0.2, -0.15) is 0 Å². The van der Waals surface area contributed by atoms with Crippen molar-refractivity contribution in [2.75, 3.05) is 26.4 Å². The SMILES string of the molecule is CC(=O)OCCc1c2ccccc2c(CCOC(C)=O)c2c(Oc3cccc4c(CCOC(C)=O)c5ccccc5c(CCOC(C)=O)c34)cccc12. The topological polar surface area (TPSA) is 114 Å². The van der Waals surface area contributed by atoms with E-state index in [-0.39, 0.29) is 50.3 Å². The molecule has 0 spiro atoms. The predicted molar refractivity (Wildman–Crippen MR) is 204 cm³/mol. The lowest BCUT2D eigenvalue weighted by Crippen LogP contribution is -2.08. The molecule has 0 fully saturated rings. The summed E-state index contributed by atoms with van der Waals surface area (Å²) in [5.74, 6) is -0.203. The second-order valence-electron chi connectivity index (χ2n) is 12.8. The Hall–Kier alpha value is -5.96. The summed E-state index contributed by atoms with van der Waals surface area (Å²) in [6.07, 6.45) is 1.84. The van der Waals surface area contributed by atoms with Crippen LogP contribution in [0, 0.1) is 0 Å². The quantitative estimate of drug-likeness (QED) is 0.0622. The van der Waals surface area contributed by atoms with Crippen LogP contribution < -0.4 is 4.74 Å². The standard InChI is InChI=1S/C44H42O9/c1-27(45)49-23-19-35-31-11-5-7-13-33(31)39(21-25-51-29(3)47)43-37(35)15-9-17-41(43)53-42-18-10-16-38-36(20-24-50-28(2)46)32-12-6-8-14-34(32)40(44(38)42)22-26-52-30(4)48/h5-18H,19-26H2,1-4H3. The van der Waals surface area contributed by atoms with Crippen LogP contribution in [0.5, 0.6) is 11.5 Å². The van der Waals surface area contributed by atoms with Crippen molar-refractivity contribution in [1.82, 2.24) is 0 Å². The molecule has 0 saturated carbocycles. The molecule has 6 aromatic carbocycles. The van der Waals surface area contributed by atoms with Gasteiger partial charge in [0.1, 0.15) is 11.5 Å². The zero-order valence-electron chi connectivity index (χ0n) is 30.4. The number of carbonyl (C=O) groups excluding carboxylic acids is 4. The van der Waals surface area contributed by atoms with Crippen molar-refractivity contribution in [1.29, 1.82) is 0 Å². The second-order valence-corrected chi connectivity index (χ2v) is 12.8. The van der Waals surface area contributed by atoms with Crippen molar-refractivity contribution in [2.45, 2.75) is 53.4 Å². The molecule has 6 rings (SSSR count). The summed E-state index contributed by atoms with van der Waals surface area (Å²) in [5.41, 5.74) is 3.95. The van der Waals surface area contributed by atoms with Crippen LogP contribution in [0.1, 0.15) is 49.9 Å². The third kappa shape index (κ3) is 8.25. The lowest BCUT2D eigenvalue weighted by atomic mass is 9.88. The first-order valence-corrected chi connectivity index (χ1v) is 17.8. The number of benzene rings is 6. The maximum absolute atomic E-state index is 11.8. The van der Waals surface area contributed by atoms with Crippen molar-refractivity contribution >= 4 is 67.0 Å². The molecule has 0 amide bonds. The van der Waals surface area contributed by atoms with Gasteiger partial charge in [0.05, 0.1) is 26.4 Å². The summed E-state index contributed by atoms with van der Waals surface area (Å²) >= 11 is 0. The van der Waals surface area contributed by atoms with E-state index in [1.54, 1.807) is 0 Å². The monoisotopic (exact) mass is 714 g/mol. The third-order valence-electron chi connectivity index (χ3n) is 9.31. The second kappa shape index (κ2) is 16.6. The fourth-order valence-electron chi connectivity index (χ4n) is 7.30. The van der Waals surface area contributed by atoms with E-state index in [0.29, 0.717) is 37.2 Å². The zero-order chi connectivity index (χ0) is 37.5. The molecule has 0 aromatic heterocycles. The number of carbonyl (C=O) groups is 4. The molecule has 0 N–H and O–H groups in total. The number of hydrogen-bond acceptors (Lipinski definition) is 9. The van der Waals surface area contributed by atoms with Gasteiger partial charge >= 0.3 is 23.9 Å². The number of esters is 4. The van der Waals surface area contributed by atoms with Gasteiger partial charge in [0.25, 0.3) is 0 Å². The van der Waals surface area contributed by atoms with Gasteiger partial charge in [-0.3, -0.25) is 19.2 Å². The summed E-state index contributed by atoms with van der Waals surface area (Å²) in [5, 5.41) is 7.62. The molecule has 6 aromatic rings. The first-order valence-electron chi connectivity index (χ1n) is 17.8. The van der Waals surface area contributed by atoms with Crippen LogP contribution in [0.3, 0.4) is 0 Å². The summed E-state index contributed by atoms with van der Waals surface area (Å²) in [6.45, 7) is 6.38. The van der Waals surface area contributed by atoms with E-state index in [1.807, 2.05) is 60.7 Å². The minimum Gasteiger partial charge on any atom is -0.466 e. The van der Waals surface area contributed by atoms with E-state index in [4.69, 9.17) is 23.7 Å². The normalized spacial score (nSPS) is 11.2. The molecule has 272 valence electrons. The van der Waals surface area contributed by atoms with Gasteiger partial charge in [-0.25, -0.2) is 0 Å². The van der Waals surface area contributed by atoms with E-state index >= 15 is 0 Å². The van der Waals surface area contributed by atoms with Gasteiger partial charge in [0.2, 0.25) is 0 Å². The van der Waals surface area contributed by atoms with Gasteiger partial charge in [0, 0.05) is 64.2 Å². The molecule has 0 heterocycles. The number of fused-ring (bicyclic) bond motifs is 4. The van der Waals surface area contributed by atoms with Crippen LogP contribution in [0.4, 0.5) is 0 Å². The Morgan fingerprint density at radius 1 is 0.377 bits per heavy atom. The molecular formula is C44H42O9.